The van der Waals surface area contributed by atoms with Crippen LogP contribution in [0.4, 0.5) is 5.95 Å². The standard InChI is InChI=1S/C16H27N5/c1-11(12-4-5-12)15-18-16(20-19-15)21-9-6-13(7-10-21)14-3-2-8-17-14/h11-14,17H,2-10H2,1H3,(H,18,19,20). The van der Waals surface area contributed by atoms with Crippen LogP contribution in [0.15, 0.2) is 0 Å². The van der Waals surface area contributed by atoms with Gasteiger partial charge in [0.2, 0.25) is 5.95 Å². The SMILES string of the molecule is CC(c1nc(N2CCC(C3CCCN3)CC2)n[nH]1)C1CC1. The van der Waals surface area contributed by atoms with Crippen LogP contribution >= 0.6 is 0 Å². The van der Waals surface area contributed by atoms with Gasteiger partial charge in [0.1, 0.15) is 5.82 Å². The highest BCUT2D eigenvalue weighted by molar-refractivity contribution is 5.30. The van der Waals surface area contributed by atoms with Gasteiger partial charge in [0, 0.05) is 25.0 Å². The molecule has 1 aromatic rings. The van der Waals surface area contributed by atoms with Crippen LogP contribution in [-0.2, 0) is 0 Å². The molecule has 4 rings (SSSR count). The highest BCUT2D eigenvalue weighted by atomic mass is 15.4. The Kier molecular flexibility index (Phi) is 3.61. The maximum absolute atomic E-state index is 4.76. The lowest BCUT2D eigenvalue weighted by molar-refractivity contribution is 0.317. The molecule has 0 amide bonds. The molecule has 0 radical (unpaired) electrons. The Hall–Kier alpha value is -1.10. The third-order valence-corrected chi connectivity index (χ3v) is 5.74. The molecule has 3 fully saturated rings. The van der Waals surface area contributed by atoms with Crippen molar-refractivity contribution in [2.24, 2.45) is 11.8 Å². The average Bonchev–Trinajstić information content (AvgIpc) is 3.04. The van der Waals surface area contributed by atoms with Gasteiger partial charge < -0.3 is 10.2 Å². The number of nitrogens with one attached hydrogen (secondary N) is 2. The van der Waals surface area contributed by atoms with E-state index in [4.69, 9.17) is 4.98 Å². The van der Waals surface area contributed by atoms with E-state index >= 15 is 0 Å². The zero-order valence-corrected chi connectivity index (χ0v) is 13.0. The van der Waals surface area contributed by atoms with Gasteiger partial charge in [0.25, 0.3) is 0 Å². The van der Waals surface area contributed by atoms with E-state index in [9.17, 15) is 0 Å². The van der Waals surface area contributed by atoms with Crippen LogP contribution in [0.25, 0.3) is 0 Å². The Morgan fingerprint density at radius 2 is 1.95 bits per heavy atom. The van der Waals surface area contributed by atoms with E-state index in [1.807, 2.05) is 0 Å². The van der Waals surface area contributed by atoms with Crippen molar-refractivity contribution in [2.45, 2.75) is 57.4 Å². The van der Waals surface area contributed by atoms with E-state index in [2.05, 4.69) is 27.3 Å². The smallest absolute Gasteiger partial charge is 0.244 e. The van der Waals surface area contributed by atoms with Crippen LogP contribution in [0.1, 0.15) is 57.2 Å². The molecule has 2 aliphatic heterocycles. The molecule has 2 unspecified atom stereocenters. The number of hydrogen-bond acceptors (Lipinski definition) is 4. The third-order valence-electron chi connectivity index (χ3n) is 5.74. The van der Waals surface area contributed by atoms with Crippen molar-refractivity contribution < 1.29 is 0 Å². The first kappa shape index (κ1) is 13.6. The lowest BCUT2D eigenvalue weighted by Gasteiger charge is -2.34. The first-order valence-electron chi connectivity index (χ1n) is 8.72. The van der Waals surface area contributed by atoms with E-state index < -0.39 is 0 Å². The zero-order valence-electron chi connectivity index (χ0n) is 13.0. The number of hydrogen-bond donors (Lipinski definition) is 2. The Bertz CT molecular complexity index is 467. The second kappa shape index (κ2) is 5.59. The fourth-order valence-electron chi connectivity index (χ4n) is 4.05. The van der Waals surface area contributed by atoms with Gasteiger partial charge >= 0.3 is 0 Å². The van der Waals surface area contributed by atoms with E-state index in [1.165, 1.54) is 45.1 Å². The van der Waals surface area contributed by atoms with Crippen LogP contribution in [0, 0.1) is 11.8 Å². The maximum atomic E-state index is 4.76. The molecule has 2 saturated heterocycles. The Balaban J connectivity index is 1.35. The average molecular weight is 289 g/mol. The molecule has 5 heteroatoms. The van der Waals surface area contributed by atoms with E-state index in [0.29, 0.717) is 5.92 Å². The molecule has 2 N–H and O–H groups in total. The van der Waals surface area contributed by atoms with Crippen LogP contribution in [0.2, 0.25) is 0 Å². The van der Waals surface area contributed by atoms with Crippen molar-refractivity contribution in [2.75, 3.05) is 24.5 Å². The summed E-state index contributed by atoms with van der Waals surface area (Å²) in [5.74, 6) is 4.26. The van der Waals surface area contributed by atoms with Crippen LogP contribution in [0.3, 0.4) is 0 Å². The largest absolute Gasteiger partial charge is 0.340 e. The van der Waals surface area contributed by atoms with E-state index in [0.717, 1.165) is 42.7 Å². The lowest BCUT2D eigenvalue weighted by Crippen LogP contribution is -2.41. The summed E-state index contributed by atoms with van der Waals surface area (Å²) in [5, 5.41) is 11.3. The number of aromatic amines is 1. The molecule has 1 saturated carbocycles. The topological polar surface area (TPSA) is 56.8 Å². The second-order valence-electron chi connectivity index (χ2n) is 7.17. The maximum Gasteiger partial charge on any atom is 0.244 e. The summed E-state index contributed by atoms with van der Waals surface area (Å²) in [6.07, 6.45) is 8.00. The van der Waals surface area contributed by atoms with Crippen LogP contribution in [0.5, 0.6) is 0 Å². The number of nitrogens with zero attached hydrogens (tertiary/aromatic N) is 3. The van der Waals surface area contributed by atoms with Gasteiger partial charge in [-0.25, -0.2) is 0 Å². The van der Waals surface area contributed by atoms with Crippen molar-refractivity contribution in [3.05, 3.63) is 5.82 Å². The predicted molar refractivity (Wildman–Crippen MR) is 83.5 cm³/mol. The fraction of sp³-hybridized carbons (Fsp3) is 0.875. The molecule has 1 aliphatic carbocycles. The Labute approximate surface area is 126 Å². The zero-order chi connectivity index (χ0) is 14.2. The first-order valence-corrected chi connectivity index (χ1v) is 8.72. The summed E-state index contributed by atoms with van der Waals surface area (Å²) >= 11 is 0. The van der Waals surface area contributed by atoms with Crippen LogP contribution in [-0.4, -0.2) is 40.9 Å². The second-order valence-corrected chi connectivity index (χ2v) is 7.17. The number of rotatable bonds is 4. The van der Waals surface area contributed by atoms with Crippen molar-refractivity contribution >= 4 is 5.95 Å². The Morgan fingerprint density at radius 1 is 1.14 bits per heavy atom. The molecule has 3 aliphatic rings. The third kappa shape index (κ3) is 2.80. The van der Waals surface area contributed by atoms with E-state index in [-0.39, 0.29) is 0 Å². The lowest BCUT2D eigenvalue weighted by atomic mass is 9.89. The van der Waals surface area contributed by atoms with Gasteiger partial charge in [-0.05, 0) is 56.9 Å². The number of anilines is 1. The minimum atomic E-state index is 0.548. The normalized spacial score (nSPS) is 29.0. The summed E-state index contributed by atoms with van der Waals surface area (Å²) in [7, 11) is 0. The van der Waals surface area contributed by atoms with Gasteiger partial charge in [0.15, 0.2) is 0 Å². The minimum Gasteiger partial charge on any atom is -0.340 e. The predicted octanol–water partition coefficient (Wildman–Crippen LogP) is 2.29. The highest BCUT2D eigenvalue weighted by Gasteiger charge is 2.32. The molecule has 0 bridgehead atoms. The molecule has 1 aromatic heterocycles. The summed E-state index contributed by atoms with van der Waals surface area (Å²) in [6.45, 7) is 5.71. The summed E-state index contributed by atoms with van der Waals surface area (Å²) in [6, 6.07) is 0.768. The molecule has 0 spiro atoms. The van der Waals surface area contributed by atoms with Crippen molar-refractivity contribution in [1.82, 2.24) is 20.5 Å². The van der Waals surface area contributed by atoms with Crippen molar-refractivity contribution in [3.63, 3.8) is 0 Å². The molecule has 116 valence electrons. The van der Waals surface area contributed by atoms with Gasteiger partial charge in [-0.3, -0.25) is 5.10 Å². The number of aromatic nitrogens is 3. The summed E-state index contributed by atoms with van der Waals surface area (Å²) < 4.78 is 0. The van der Waals surface area contributed by atoms with Crippen molar-refractivity contribution in [1.29, 1.82) is 0 Å². The summed E-state index contributed by atoms with van der Waals surface area (Å²) in [4.78, 5) is 7.13. The number of piperidine rings is 1. The monoisotopic (exact) mass is 289 g/mol. The minimum absolute atomic E-state index is 0.548. The molecule has 2 atom stereocenters. The molecular formula is C16H27N5. The van der Waals surface area contributed by atoms with Crippen LogP contribution < -0.4 is 10.2 Å². The highest BCUT2D eigenvalue weighted by Crippen LogP contribution is 2.41. The van der Waals surface area contributed by atoms with Gasteiger partial charge in [-0.15, -0.1) is 5.10 Å². The Morgan fingerprint density at radius 3 is 2.62 bits per heavy atom. The van der Waals surface area contributed by atoms with Gasteiger partial charge in [-0.2, -0.15) is 4.98 Å². The molecular weight excluding hydrogens is 262 g/mol. The molecule has 0 aromatic carbocycles. The molecule has 21 heavy (non-hydrogen) atoms. The first-order chi connectivity index (χ1) is 10.3. The quantitative estimate of drug-likeness (QED) is 0.893. The molecule has 3 heterocycles. The molecule has 5 nitrogen and oxygen atoms in total. The van der Waals surface area contributed by atoms with E-state index in [1.54, 1.807) is 0 Å². The fourth-order valence-corrected chi connectivity index (χ4v) is 4.05. The van der Waals surface area contributed by atoms with Gasteiger partial charge in [-0.1, -0.05) is 6.92 Å². The van der Waals surface area contributed by atoms with Crippen molar-refractivity contribution in [3.8, 4) is 0 Å². The van der Waals surface area contributed by atoms with Gasteiger partial charge in [0.05, 0.1) is 0 Å². The summed E-state index contributed by atoms with van der Waals surface area (Å²) in [5.41, 5.74) is 0. The number of H-pyrrole nitrogens is 1.